The van der Waals surface area contributed by atoms with Crippen molar-refractivity contribution in [2.75, 3.05) is 11.1 Å². The molecule has 1 atom stereocenters. The Balaban J connectivity index is 1.40. The van der Waals surface area contributed by atoms with E-state index in [0.717, 1.165) is 40.3 Å². The normalized spacial score (nSPS) is 16.4. The second-order valence-electron chi connectivity index (χ2n) is 7.16. The number of aryl methyl sites for hydroxylation is 1. The lowest BCUT2D eigenvalue weighted by Crippen LogP contribution is -2.14. The van der Waals surface area contributed by atoms with Gasteiger partial charge in [-0.2, -0.15) is 0 Å². The van der Waals surface area contributed by atoms with E-state index in [2.05, 4.69) is 27.4 Å². The van der Waals surface area contributed by atoms with Crippen molar-refractivity contribution in [2.45, 2.75) is 31.3 Å². The lowest BCUT2D eigenvalue weighted by Gasteiger charge is -2.17. The standard InChI is InChI=1S/C20H19N5OS2/c1-12-7-8-14-15(9-12)28-19-17(14)18-23-24-20(25(18)11-21-19)27-10-16(26)22-13-5-3-2-4-6-13/h2-6,11-12H,7-10H2,1H3,(H,22,26). The molecule has 1 unspecified atom stereocenters. The van der Waals surface area contributed by atoms with E-state index in [4.69, 9.17) is 0 Å². The Morgan fingerprint density at radius 2 is 2.18 bits per heavy atom. The van der Waals surface area contributed by atoms with Crippen molar-refractivity contribution in [1.82, 2.24) is 19.6 Å². The van der Waals surface area contributed by atoms with Crippen LogP contribution in [-0.4, -0.2) is 31.2 Å². The molecule has 1 N–H and O–H groups in total. The molecule has 1 aliphatic rings. The second kappa shape index (κ2) is 7.18. The van der Waals surface area contributed by atoms with Crippen LogP contribution < -0.4 is 5.32 Å². The van der Waals surface area contributed by atoms with Crippen molar-refractivity contribution in [2.24, 2.45) is 5.92 Å². The maximum absolute atomic E-state index is 12.2. The first-order chi connectivity index (χ1) is 13.7. The maximum Gasteiger partial charge on any atom is 0.234 e. The van der Waals surface area contributed by atoms with Gasteiger partial charge in [-0.1, -0.05) is 36.9 Å². The number of aromatic nitrogens is 4. The molecule has 8 heteroatoms. The number of hydrogen-bond acceptors (Lipinski definition) is 6. The molecule has 4 aromatic rings. The van der Waals surface area contributed by atoms with Gasteiger partial charge in [0.25, 0.3) is 0 Å². The van der Waals surface area contributed by atoms with E-state index in [9.17, 15) is 4.79 Å². The minimum absolute atomic E-state index is 0.0658. The summed E-state index contributed by atoms with van der Waals surface area (Å²) in [7, 11) is 0. The number of anilines is 1. The minimum atomic E-state index is -0.0658. The molecule has 3 aromatic heterocycles. The molecule has 142 valence electrons. The van der Waals surface area contributed by atoms with Crippen LogP contribution >= 0.6 is 23.1 Å². The van der Waals surface area contributed by atoms with Crippen molar-refractivity contribution in [3.05, 3.63) is 47.1 Å². The summed E-state index contributed by atoms with van der Waals surface area (Å²) in [4.78, 5) is 19.4. The highest BCUT2D eigenvalue weighted by atomic mass is 32.2. The van der Waals surface area contributed by atoms with E-state index in [1.807, 2.05) is 34.7 Å². The fraction of sp³-hybridized carbons (Fsp3) is 0.300. The summed E-state index contributed by atoms with van der Waals surface area (Å²) < 4.78 is 1.91. The van der Waals surface area contributed by atoms with Gasteiger partial charge in [-0.15, -0.1) is 21.5 Å². The van der Waals surface area contributed by atoms with Crippen LogP contribution in [0.5, 0.6) is 0 Å². The van der Waals surface area contributed by atoms with Gasteiger partial charge in [-0.3, -0.25) is 9.20 Å². The van der Waals surface area contributed by atoms with Crippen LogP contribution in [0.4, 0.5) is 5.69 Å². The van der Waals surface area contributed by atoms with Crippen LogP contribution in [0.2, 0.25) is 0 Å². The number of nitrogens with one attached hydrogen (secondary N) is 1. The third-order valence-electron chi connectivity index (χ3n) is 5.06. The number of fused-ring (bicyclic) bond motifs is 5. The number of thiophene rings is 1. The van der Waals surface area contributed by atoms with Gasteiger partial charge >= 0.3 is 0 Å². The van der Waals surface area contributed by atoms with Gasteiger partial charge in [0.15, 0.2) is 10.8 Å². The Morgan fingerprint density at radius 3 is 3.04 bits per heavy atom. The number of carbonyl (C=O) groups excluding carboxylic acids is 1. The number of nitrogens with zero attached hydrogens (tertiary/aromatic N) is 4. The van der Waals surface area contributed by atoms with E-state index in [1.54, 1.807) is 17.7 Å². The molecule has 0 spiro atoms. The van der Waals surface area contributed by atoms with E-state index >= 15 is 0 Å². The number of hydrogen-bond donors (Lipinski definition) is 1. The van der Waals surface area contributed by atoms with Gasteiger partial charge in [-0.25, -0.2) is 4.98 Å². The Kier molecular flexibility index (Phi) is 4.52. The first kappa shape index (κ1) is 17.6. The lowest BCUT2D eigenvalue weighted by molar-refractivity contribution is -0.113. The first-order valence-corrected chi connectivity index (χ1v) is 11.1. The van der Waals surface area contributed by atoms with Gasteiger partial charge in [0.2, 0.25) is 5.91 Å². The molecule has 0 bridgehead atoms. The summed E-state index contributed by atoms with van der Waals surface area (Å²) in [5, 5.41) is 13.5. The number of thioether (sulfide) groups is 1. The van der Waals surface area contributed by atoms with E-state index in [1.165, 1.54) is 28.6 Å². The largest absolute Gasteiger partial charge is 0.325 e. The second-order valence-corrected chi connectivity index (χ2v) is 9.18. The zero-order valence-corrected chi connectivity index (χ0v) is 17.0. The van der Waals surface area contributed by atoms with E-state index < -0.39 is 0 Å². The van der Waals surface area contributed by atoms with Gasteiger partial charge < -0.3 is 5.32 Å². The average Bonchev–Trinajstić information content (AvgIpc) is 3.27. The Bertz CT molecular complexity index is 1170. The van der Waals surface area contributed by atoms with E-state index in [0.29, 0.717) is 5.16 Å². The Hall–Kier alpha value is -2.45. The average molecular weight is 410 g/mol. The number of amides is 1. The predicted octanol–water partition coefficient (Wildman–Crippen LogP) is 4.19. The number of para-hydroxylation sites is 1. The van der Waals surface area contributed by atoms with Crippen LogP contribution in [0.25, 0.3) is 15.9 Å². The quantitative estimate of drug-likeness (QED) is 0.512. The molecule has 3 heterocycles. The summed E-state index contributed by atoms with van der Waals surface area (Å²) in [6, 6.07) is 9.46. The summed E-state index contributed by atoms with van der Waals surface area (Å²) in [6.07, 6.45) is 5.18. The van der Waals surface area contributed by atoms with Crippen LogP contribution in [0.3, 0.4) is 0 Å². The van der Waals surface area contributed by atoms with Crippen LogP contribution in [0.15, 0.2) is 41.8 Å². The van der Waals surface area contributed by atoms with Crippen molar-refractivity contribution in [3.63, 3.8) is 0 Å². The highest BCUT2D eigenvalue weighted by Crippen LogP contribution is 2.39. The first-order valence-electron chi connectivity index (χ1n) is 9.30. The highest BCUT2D eigenvalue weighted by molar-refractivity contribution is 7.99. The zero-order valence-electron chi connectivity index (χ0n) is 15.4. The van der Waals surface area contributed by atoms with E-state index in [-0.39, 0.29) is 11.7 Å². The Morgan fingerprint density at radius 1 is 1.32 bits per heavy atom. The molecule has 1 amide bonds. The molecule has 0 aliphatic heterocycles. The third kappa shape index (κ3) is 3.16. The summed E-state index contributed by atoms with van der Waals surface area (Å²) in [6.45, 7) is 2.31. The molecule has 6 nitrogen and oxygen atoms in total. The monoisotopic (exact) mass is 409 g/mol. The number of benzene rings is 1. The van der Waals surface area contributed by atoms with Crippen molar-refractivity contribution in [1.29, 1.82) is 0 Å². The molecule has 0 radical (unpaired) electrons. The smallest absolute Gasteiger partial charge is 0.234 e. The number of carbonyl (C=O) groups is 1. The predicted molar refractivity (Wildman–Crippen MR) is 113 cm³/mol. The molecule has 0 saturated carbocycles. The molecule has 28 heavy (non-hydrogen) atoms. The van der Waals surface area contributed by atoms with Gasteiger partial charge in [0.05, 0.1) is 11.1 Å². The fourth-order valence-corrected chi connectivity index (χ4v) is 5.72. The molecular formula is C20H19N5OS2. The third-order valence-corrected chi connectivity index (χ3v) is 7.17. The van der Waals surface area contributed by atoms with Gasteiger partial charge in [0, 0.05) is 10.6 Å². The van der Waals surface area contributed by atoms with Crippen LogP contribution in [0, 0.1) is 5.92 Å². The van der Waals surface area contributed by atoms with Gasteiger partial charge in [0.1, 0.15) is 11.2 Å². The minimum Gasteiger partial charge on any atom is -0.325 e. The molecule has 0 saturated heterocycles. The lowest BCUT2D eigenvalue weighted by atomic mass is 9.89. The maximum atomic E-state index is 12.2. The van der Waals surface area contributed by atoms with Crippen LogP contribution in [-0.2, 0) is 17.6 Å². The highest BCUT2D eigenvalue weighted by Gasteiger charge is 2.24. The summed E-state index contributed by atoms with van der Waals surface area (Å²) in [5.74, 6) is 0.931. The van der Waals surface area contributed by atoms with Gasteiger partial charge in [-0.05, 0) is 42.9 Å². The van der Waals surface area contributed by atoms with Crippen molar-refractivity contribution in [3.8, 4) is 0 Å². The molecule has 1 aliphatic carbocycles. The van der Waals surface area contributed by atoms with Crippen molar-refractivity contribution < 1.29 is 4.79 Å². The van der Waals surface area contributed by atoms with Crippen LogP contribution in [0.1, 0.15) is 23.8 Å². The summed E-state index contributed by atoms with van der Waals surface area (Å²) >= 11 is 3.16. The zero-order chi connectivity index (χ0) is 19.1. The molecule has 5 rings (SSSR count). The molecule has 0 fully saturated rings. The summed E-state index contributed by atoms with van der Waals surface area (Å²) in [5.41, 5.74) is 3.03. The molecule has 1 aromatic carbocycles. The number of rotatable bonds is 4. The molecular weight excluding hydrogens is 390 g/mol. The topological polar surface area (TPSA) is 72.2 Å². The Labute approximate surface area is 170 Å². The fourth-order valence-electron chi connectivity index (χ4n) is 3.67. The van der Waals surface area contributed by atoms with Crippen molar-refractivity contribution >= 4 is 50.6 Å². The SMILES string of the molecule is CC1CCc2c(sc3ncn4c(SCC(=O)Nc5ccccc5)nnc4c23)C1.